The zero-order valence-corrected chi connectivity index (χ0v) is 13.7. The number of aromatic nitrogens is 3. The molecule has 0 fully saturated rings. The molecule has 0 aliphatic carbocycles. The third-order valence-electron chi connectivity index (χ3n) is 4.16. The van der Waals surface area contributed by atoms with Gasteiger partial charge in [0.25, 0.3) is 0 Å². The molecule has 0 aliphatic heterocycles. The number of likely N-dealkylation sites (N-methyl/N-ethyl adjacent to an activating group) is 1. The fraction of sp³-hybridized carbons (Fsp3) is 0.333. The highest BCUT2D eigenvalue weighted by atomic mass is 19.1. The Morgan fingerprint density at radius 3 is 2.87 bits per heavy atom. The molecular weight excluding hydrogens is 291 g/mol. The van der Waals surface area contributed by atoms with Crippen LogP contribution in [0.3, 0.4) is 0 Å². The number of pyridine rings is 2. The van der Waals surface area contributed by atoms with E-state index in [9.17, 15) is 4.39 Å². The zero-order chi connectivity index (χ0) is 16.4. The Balaban J connectivity index is 2.11. The molecule has 3 aromatic heterocycles. The Labute approximate surface area is 135 Å². The molecule has 0 aromatic carbocycles. The molecule has 2 N–H and O–H groups in total. The minimum absolute atomic E-state index is 0.409. The van der Waals surface area contributed by atoms with E-state index in [1.807, 2.05) is 20.0 Å². The van der Waals surface area contributed by atoms with Crippen molar-refractivity contribution in [3.63, 3.8) is 0 Å². The van der Waals surface area contributed by atoms with E-state index >= 15 is 0 Å². The molecule has 0 atom stereocenters. The fourth-order valence-electron chi connectivity index (χ4n) is 2.81. The van der Waals surface area contributed by atoms with E-state index in [0.29, 0.717) is 17.5 Å². The van der Waals surface area contributed by atoms with Crippen molar-refractivity contribution in [2.24, 2.45) is 0 Å². The highest BCUT2D eigenvalue weighted by Gasteiger charge is 2.13. The Kier molecular flexibility index (Phi) is 4.39. The second-order valence-electron chi connectivity index (χ2n) is 5.72. The number of nitrogens with one attached hydrogen (secondary N) is 2. The number of halogens is 1. The fourth-order valence-corrected chi connectivity index (χ4v) is 2.81. The summed E-state index contributed by atoms with van der Waals surface area (Å²) in [5.41, 5.74) is 6.15. The molecule has 5 heteroatoms. The van der Waals surface area contributed by atoms with Crippen molar-refractivity contribution in [3.8, 4) is 11.3 Å². The number of fused-ring (bicyclic) bond motifs is 1. The first-order valence-corrected chi connectivity index (χ1v) is 7.91. The Morgan fingerprint density at radius 1 is 1.30 bits per heavy atom. The molecular formula is C18H21FN4. The van der Waals surface area contributed by atoms with Crippen molar-refractivity contribution in [3.05, 3.63) is 47.2 Å². The summed E-state index contributed by atoms with van der Waals surface area (Å²) < 4.78 is 14.1. The number of aryl methyl sites for hydroxylation is 2. The lowest BCUT2D eigenvalue weighted by atomic mass is 10.1. The van der Waals surface area contributed by atoms with Crippen LogP contribution in [0.25, 0.3) is 22.3 Å². The van der Waals surface area contributed by atoms with E-state index in [4.69, 9.17) is 0 Å². The average Bonchev–Trinajstić information content (AvgIpc) is 2.92. The second-order valence-corrected chi connectivity index (χ2v) is 5.72. The van der Waals surface area contributed by atoms with Crippen LogP contribution in [-0.4, -0.2) is 28.5 Å². The predicted octanol–water partition coefficient (Wildman–Crippen LogP) is 3.40. The van der Waals surface area contributed by atoms with Crippen molar-refractivity contribution in [2.75, 3.05) is 13.6 Å². The largest absolute Gasteiger partial charge is 0.358 e. The second kappa shape index (κ2) is 6.46. The van der Waals surface area contributed by atoms with Gasteiger partial charge in [-0.2, -0.15) is 4.39 Å². The molecule has 0 saturated heterocycles. The van der Waals surface area contributed by atoms with Gasteiger partial charge in [0.2, 0.25) is 5.95 Å². The van der Waals surface area contributed by atoms with Crippen LogP contribution in [0.1, 0.15) is 23.7 Å². The molecule has 0 spiro atoms. The maximum atomic E-state index is 14.1. The summed E-state index contributed by atoms with van der Waals surface area (Å²) in [5.74, 6) is -0.409. The third-order valence-corrected chi connectivity index (χ3v) is 4.16. The van der Waals surface area contributed by atoms with E-state index in [-0.39, 0.29) is 0 Å². The molecule has 0 aliphatic rings. The summed E-state index contributed by atoms with van der Waals surface area (Å²) in [6.07, 6.45) is 3.28. The topological polar surface area (TPSA) is 53.6 Å². The maximum Gasteiger partial charge on any atom is 0.216 e. The first kappa shape index (κ1) is 15.6. The quantitative estimate of drug-likeness (QED) is 0.710. The maximum absolute atomic E-state index is 14.1. The highest BCUT2D eigenvalue weighted by molar-refractivity contribution is 5.90. The van der Waals surface area contributed by atoms with Gasteiger partial charge >= 0.3 is 0 Å². The van der Waals surface area contributed by atoms with Crippen molar-refractivity contribution in [2.45, 2.75) is 26.7 Å². The van der Waals surface area contributed by atoms with Crippen molar-refractivity contribution < 1.29 is 4.39 Å². The molecule has 0 unspecified atom stereocenters. The summed E-state index contributed by atoms with van der Waals surface area (Å²) in [7, 11) is 1.94. The monoisotopic (exact) mass is 312 g/mol. The lowest BCUT2D eigenvalue weighted by Crippen LogP contribution is -2.11. The van der Waals surface area contributed by atoms with Crippen LogP contribution in [-0.2, 0) is 12.8 Å². The standard InChI is InChI=1S/C18H21FN4/c1-4-12-10-16-17(23-18(12)19)13(5-8-21-16)15-9-11(2)14(22-15)6-7-20-3/h5,8-10,20,22H,4,6-7H2,1-3H3. The summed E-state index contributed by atoms with van der Waals surface area (Å²) in [6, 6.07) is 5.76. The van der Waals surface area contributed by atoms with Gasteiger partial charge in [-0.3, -0.25) is 4.98 Å². The summed E-state index contributed by atoms with van der Waals surface area (Å²) in [5, 5.41) is 3.15. The molecule has 23 heavy (non-hydrogen) atoms. The van der Waals surface area contributed by atoms with Gasteiger partial charge in [-0.15, -0.1) is 0 Å². The van der Waals surface area contributed by atoms with Crippen LogP contribution < -0.4 is 5.32 Å². The summed E-state index contributed by atoms with van der Waals surface area (Å²) in [6.45, 7) is 4.90. The molecule has 120 valence electrons. The van der Waals surface area contributed by atoms with Crippen LogP contribution in [0.15, 0.2) is 24.4 Å². The summed E-state index contributed by atoms with van der Waals surface area (Å²) >= 11 is 0. The van der Waals surface area contributed by atoms with Crippen LogP contribution in [0, 0.1) is 12.9 Å². The number of aromatic amines is 1. The highest BCUT2D eigenvalue weighted by Crippen LogP contribution is 2.28. The van der Waals surface area contributed by atoms with Crippen LogP contribution in [0.2, 0.25) is 0 Å². The van der Waals surface area contributed by atoms with E-state index in [2.05, 4.69) is 33.3 Å². The minimum atomic E-state index is -0.409. The van der Waals surface area contributed by atoms with Gasteiger partial charge in [0.15, 0.2) is 0 Å². The first-order valence-electron chi connectivity index (χ1n) is 7.91. The molecule has 4 nitrogen and oxygen atoms in total. The lowest BCUT2D eigenvalue weighted by molar-refractivity contribution is 0.574. The number of rotatable bonds is 5. The lowest BCUT2D eigenvalue weighted by Gasteiger charge is -2.06. The van der Waals surface area contributed by atoms with Crippen LogP contribution in [0.5, 0.6) is 0 Å². The first-order chi connectivity index (χ1) is 11.1. The van der Waals surface area contributed by atoms with Gasteiger partial charge in [0.1, 0.15) is 5.52 Å². The molecule has 0 bridgehead atoms. The average molecular weight is 312 g/mol. The Bertz CT molecular complexity index is 838. The number of hydrogen-bond donors (Lipinski definition) is 2. The van der Waals surface area contributed by atoms with Crippen molar-refractivity contribution in [1.29, 1.82) is 0 Å². The van der Waals surface area contributed by atoms with E-state index in [1.165, 1.54) is 11.3 Å². The third kappa shape index (κ3) is 2.97. The van der Waals surface area contributed by atoms with Crippen LogP contribution >= 0.6 is 0 Å². The van der Waals surface area contributed by atoms with Gasteiger partial charge in [-0.25, -0.2) is 4.98 Å². The van der Waals surface area contributed by atoms with Gasteiger partial charge < -0.3 is 10.3 Å². The molecule has 3 heterocycles. The number of H-pyrrole nitrogens is 1. The minimum Gasteiger partial charge on any atom is -0.358 e. The SMILES string of the molecule is CCc1cc2nccc(-c3cc(C)c(CCNC)[nH]3)c2nc1F. The van der Waals surface area contributed by atoms with Gasteiger partial charge in [-0.1, -0.05) is 6.92 Å². The zero-order valence-electron chi connectivity index (χ0n) is 13.7. The summed E-state index contributed by atoms with van der Waals surface area (Å²) in [4.78, 5) is 11.9. The van der Waals surface area contributed by atoms with Crippen LogP contribution in [0.4, 0.5) is 4.39 Å². The van der Waals surface area contributed by atoms with E-state index < -0.39 is 5.95 Å². The number of hydrogen-bond acceptors (Lipinski definition) is 3. The Morgan fingerprint density at radius 2 is 2.13 bits per heavy atom. The molecule has 0 amide bonds. The smallest absolute Gasteiger partial charge is 0.216 e. The molecule has 3 rings (SSSR count). The molecule has 0 saturated carbocycles. The van der Waals surface area contributed by atoms with Gasteiger partial charge in [-0.05, 0) is 44.2 Å². The normalized spacial score (nSPS) is 11.3. The van der Waals surface area contributed by atoms with E-state index in [0.717, 1.165) is 29.7 Å². The van der Waals surface area contributed by atoms with Crippen molar-refractivity contribution in [1.82, 2.24) is 20.3 Å². The van der Waals surface area contributed by atoms with Crippen molar-refractivity contribution >= 4 is 11.0 Å². The predicted molar refractivity (Wildman–Crippen MR) is 91.0 cm³/mol. The Hall–Kier alpha value is -2.27. The van der Waals surface area contributed by atoms with Gasteiger partial charge in [0, 0.05) is 41.7 Å². The molecule has 3 aromatic rings. The van der Waals surface area contributed by atoms with E-state index in [1.54, 1.807) is 12.3 Å². The molecule has 0 radical (unpaired) electrons. The van der Waals surface area contributed by atoms with Gasteiger partial charge in [0.05, 0.1) is 5.52 Å². The number of nitrogens with zero attached hydrogens (tertiary/aromatic N) is 2.